The fraction of sp³-hybridized carbons (Fsp3) is 0.273. The Kier molecular flexibility index (Phi) is 5.02. The Morgan fingerprint density at radius 2 is 1.75 bits per heavy atom. The Bertz CT molecular complexity index is 1330. The van der Waals surface area contributed by atoms with Crippen LogP contribution in [-0.2, 0) is 15.4 Å². The second-order valence-corrected chi connectivity index (χ2v) is 10.7. The predicted octanol–water partition coefficient (Wildman–Crippen LogP) is 2.79. The number of nitrogens with zero attached hydrogens (tertiary/aromatic N) is 2. The first-order chi connectivity index (χ1) is 14.8. The normalized spacial score (nSPS) is 24.4. The SMILES string of the molecule is CC1(C)Oc2ccc(S(=O)(=O)c3cccc(O)c3)cc2[C@@](N)(c2ccnc(Cl)n2)[C@]1(C)O. The van der Waals surface area contributed by atoms with Crippen molar-refractivity contribution in [3.05, 3.63) is 71.3 Å². The van der Waals surface area contributed by atoms with Crippen molar-refractivity contribution in [3.63, 3.8) is 0 Å². The molecule has 1 aromatic heterocycles. The number of aromatic nitrogens is 2. The molecule has 4 N–H and O–H groups in total. The summed E-state index contributed by atoms with van der Waals surface area (Å²) in [6, 6.07) is 11.1. The van der Waals surface area contributed by atoms with Gasteiger partial charge in [-0.05, 0) is 74.8 Å². The van der Waals surface area contributed by atoms with E-state index in [0.717, 1.165) is 6.07 Å². The molecule has 2 atom stereocenters. The van der Waals surface area contributed by atoms with Crippen LogP contribution in [0.15, 0.2) is 64.5 Å². The monoisotopic (exact) mass is 475 g/mol. The molecule has 0 spiro atoms. The van der Waals surface area contributed by atoms with E-state index in [1.54, 1.807) is 13.8 Å². The van der Waals surface area contributed by atoms with Crippen LogP contribution >= 0.6 is 11.6 Å². The molecule has 32 heavy (non-hydrogen) atoms. The smallest absolute Gasteiger partial charge is 0.222 e. The van der Waals surface area contributed by atoms with Crippen molar-refractivity contribution in [1.82, 2.24) is 9.97 Å². The van der Waals surface area contributed by atoms with Gasteiger partial charge in [0.05, 0.1) is 15.5 Å². The molecule has 0 unspecified atom stereocenters. The molecule has 10 heteroatoms. The molecule has 0 bridgehead atoms. The molecule has 2 aromatic carbocycles. The van der Waals surface area contributed by atoms with E-state index in [2.05, 4.69) is 9.97 Å². The van der Waals surface area contributed by atoms with E-state index in [1.807, 2.05) is 0 Å². The fourth-order valence-corrected chi connectivity index (χ4v) is 5.39. The van der Waals surface area contributed by atoms with Crippen molar-refractivity contribution in [2.24, 2.45) is 5.73 Å². The molecule has 0 fully saturated rings. The minimum atomic E-state index is -4.01. The summed E-state index contributed by atoms with van der Waals surface area (Å²) in [6.07, 6.45) is 1.41. The van der Waals surface area contributed by atoms with Gasteiger partial charge in [-0.25, -0.2) is 18.4 Å². The van der Waals surface area contributed by atoms with Gasteiger partial charge >= 0.3 is 0 Å². The summed E-state index contributed by atoms with van der Waals surface area (Å²) in [4.78, 5) is 7.92. The number of hydrogen-bond donors (Lipinski definition) is 3. The zero-order chi connectivity index (χ0) is 23.5. The standard InChI is InChI=1S/C22H22ClN3O5S/c1-20(2)21(3,28)22(24,18-9-10-25-19(23)26-18)16-12-15(7-8-17(16)31-20)32(29,30)14-6-4-5-13(27)11-14/h4-12,27-28H,24H2,1-3H3/t21-,22-/m1/s1. The first-order valence-corrected chi connectivity index (χ1v) is 11.5. The van der Waals surface area contributed by atoms with Crippen molar-refractivity contribution >= 4 is 21.4 Å². The Hall–Kier alpha value is -2.72. The summed E-state index contributed by atoms with van der Waals surface area (Å²) in [7, 11) is -4.01. The average molecular weight is 476 g/mol. The third-order valence-corrected chi connectivity index (χ3v) is 8.08. The summed E-state index contributed by atoms with van der Waals surface area (Å²) >= 11 is 6.01. The van der Waals surface area contributed by atoms with Crippen molar-refractivity contribution in [2.45, 2.75) is 47.3 Å². The summed E-state index contributed by atoms with van der Waals surface area (Å²) in [5, 5.41) is 21.3. The summed E-state index contributed by atoms with van der Waals surface area (Å²) in [6.45, 7) is 4.86. The lowest BCUT2D eigenvalue weighted by molar-refractivity contribution is -0.156. The van der Waals surface area contributed by atoms with Crippen LogP contribution in [0.2, 0.25) is 5.28 Å². The molecule has 0 radical (unpaired) electrons. The number of hydrogen-bond acceptors (Lipinski definition) is 8. The number of rotatable bonds is 3. The predicted molar refractivity (Wildman–Crippen MR) is 117 cm³/mol. The highest BCUT2D eigenvalue weighted by atomic mass is 35.5. The zero-order valence-electron chi connectivity index (χ0n) is 17.6. The van der Waals surface area contributed by atoms with E-state index < -0.39 is 26.6 Å². The highest BCUT2D eigenvalue weighted by Gasteiger charge is 2.62. The van der Waals surface area contributed by atoms with Gasteiger partial charge in [0.2, 0.25) is 15.1 Å². The van der Waals surface area contributed by atoms with E-state index in [-0.39, 0.29) is 32.1 Å². The van der Waals surface area contributed by atoms with Gasteiger partial charge in [-0.15, -0.1) is 0 Å². The highest BCUT2D eigenvalue weighted by molar-refractivity contribution is 7.91. The average Bonchev–Trinajstić information content (AvgIpc) is 2.72. The second-order valence-electron chi connectivity index (χ2n) is 8.36. The molecular weight excluding hydrogens is 454 g/mol. The van der Waals surface area contributed by atoms with E-state index >= 15 is 0 Å². The van der Waals surface area contributed by atoms with Crippen LogP contribution in [0.25, 0.3) is 0 Å². The van der Waals surface area contributed by atoms with Gasteiger partial charge in [-0.1, -0.05) is 6.07 Å². The minimum Gasteiger partial charge on any atom is -0.508 e. The Morgan fingerprint density at radius 1 is 1.06 bits per heavy atom. The number of nitrogens with two attached hydrogens (primary N) is 1. The number of aliphatic hydroxyl groups is 1. The molecule has 0 saturated heterocycles. The lowest BCUT2D eigenvalue weighted by atomic mass is 9.64. The molecule has 8 nitrogen and oxygen atoms in total. The largest absolute Gasteiger partial charge is 0.508 e. The van der Waals surface area contributed by atoms with Crippen LogP contribution in [0, 0.1) is 0 Å². The number of phenols is 1. The molecule has 0 aliphatic carbocycles. The number of sulfone groups is 1. The van der Waals surface area contributed by atoms with E-state index in [4.69, 9.17) is 22.1 Å². The summed E-state index contributed by atoms with van der Waals surface area (Å²) in [5.41, 5.74) is 2.70. The number of ether oxygens (including phenoxy) is 1. The third kappa shape index (κ3) is 3.15. The number of fused-ring (bicyclic) bond motifs is 1. The molecule has 4 rings (SSSR count). The Labute approximate surface area is 190 Å². The van der Waals surface area contributed by atoms with Crippen LogP contribution in [0.3, 0.4) is 0 Å². The van der Waals surface area contributed by atoms with Gasteiger partial charge < -0.3 is 20.7 Å². The number of halogens is 1. The maximum absolute atomic E-state index is 13.3. The molecule has 1 aliphatic rings. The fourth-order valence-electron chi connectivity index (χ4n) is 3.91. The van der Waals surface area contributed by atoms with Crippen molar-refractivity contribution in [3.8, 4) is 11.5 Å². The van der Waals surface area contributed by atoms with Crippen LogP contribution in [0.1, 0.15) is 32.0 Å². The number of benzene rings is 2. The van der Waals surface area contributed by atoms with Gasteiger partial charge in [0.15, 0.2) is 0 Å². The molecule has 168 valence electrons. The second kappa shape index (κ2) is 7.14. The molecule has 1 aliphatic heterocycles. The summed E-state index contributed by atoms with van der Waals surface area (Å²) in [5.74, 6) is 0.120. The molecule has 0 amide bonds. The molecular formula is C22H22ClN3O5S. The first kappa shape index (κ1) is 22.5. The van der Waals surface area contributed by atoms with Crippen LogP contribution in [0.4, 0.5) is 0 Å². The maximum Gasteiger partial charge on any atom is 0.222 e. The van der Waals surface area contributed by atoms with Gasteiger partial charge in [-0.2, -0.15) is 0 Å². The van der Waals surface area contributed by atoms with Crippen LogP contribution < -0.4 is 10.5 Å². The quantitative estimate of drug-likeness (QED) is 0.492. The Morgan fingerprint density at radius 3 is 2.41 bits per heavy atom. The maximum atomic E-state index is 13.3. The van der Waals surface area contributed by atoms with E-state index in [0.29, 0.717) is 5.75 Å². The van der Waals surface area contributed by atoms with Crippen molar-refractivity contribution in [2.75, 3.05) is 0 Å². The van der Waals surface area contributed by atoms with Crippen LogP contribution in [0.5, 0.6) is 11.5 Å². The summed E-state index contributed by atoms with van der Waals surface area (Å²) < 4.78 is 32.6. The van der Waals surface area contributed by atoms with E-state index in [9.17, 15) is 18.6 Å². The van der Waals surface area contributed by atoms with Gasteiger partial charge in [-0.3, -0.25) is 0 Å². The van der Waals surface area contributed by atoms with Gasteiger partial charge in [0.1, 0.15) is 28.2 Å². The third-order valence-electron chi connectivity index (χ3n) is 6.15. The minimum absolute atomic E-state index is 0.0718. The number of aromatic hydroxyl groups is 1. The lowest BCUT2D eigenvalue weighted by Crippen LogP contribution is -2.71. The zero-order valence-corrected chi connectivity index (χ0v) is 19.1. The van der Waals surface area contributed by atoms with Crippen molar-refractivity contribution in [1.29, 1.82) is 0 Å². The van der Waals surface area contributed by atoms with Gasteiger partial charge in [0, 0.05) is 11.8 Å². The molecule has 0 saturated carbocycles. The van der Waals surface area contributed by atoms with Crippen molar-refractivity contribution < 1.29 is 23.4 Å². The molecule has 2 heterocycles. The number of phenolic OH excluding ortho intramolecular Hbond substituents is 1. The van der Waals surface area contributed by atoms with E-state index in [1.165, 1.54) is 55.6 Å². The first-order valence-electron chi connectivity index (χ1n) is 9.69. The molecule has 3 aromatic rings. The van der Waals surface area contributed by atoms with Crippen LogP contribution in [-0.4, -0.2) is 39.8 Å². The van der Waals surface area contributed by atoms with Gasteiger partial charge in [0.25, 0.3) is 0 Å². The topological polar surface area (TPSA) is 136 Å². The highest BCUT2D eigenvalue weighted by Crippen LogP contribution is 2.52. The Balaban J connectivity index is 2.00. The lowest BCUT2D eigenvalue weighted by Gasteiger charge is -2.54.